The standard InChI is InChI=1S/C18H23N5OS/c1-4-14(16-6-5-9-25-16)20-18(24)15-10-13(21-22-15)11-23-8-7-19-17(23)12(2)3/h5-10,12,14H,4,11H2,1-3H3,(H,20,24)(H,21,22)/t14-/m0/s1. The van der Waals surface area contributed by atoms with Gasteiger partial charge < -0.3 is 9.88 Å². The van der Waals surface area contributed by atoms with Crippen LogP contribution in [0.4, 0.5) is 0 Å². The average molecular weight is 357 g/mol. The number of nitrogens with one attached hydrogen (secondary N) is 2. The Bertz CT molecular complexity index is 818. The second kappa shape index (κ2) is 7.65. The van der Waals surface area contributed by atoms with E-state index in [4.69, 9.17) is 0 Å². The van der Waals surface area contributed by atoms with Crippen molar-refractivity contribution in [3.8, 4) is 0 Å². The van der Waals surface area contributed by atoms with Crippen molar-refractivity contribution in [1.82, 2.24) is 25.1 Å². The van der Waals surface area contributed by atoms with Gasteiger partial charge in [0.05, 0.1) is 18.3 Å². The second-order valence-electron chi connectivity index (χ2n) is 6.30. The lowest BCUT2D eigenvalue weighted by Gasteiger charge is -2.14. The van der Waals surface area contributed by atoms with E-state index in [1.165, 1.54) is 0 Å². The Morgan fingerprint density at radius 1 is 1.44 bits per heavy atom. The van der Waals surface area contributed by atoms with Gasteiger partial charge in [-0.1, -0.05) is 26.8 Å². The van der Waals surface area contributed by atoms with E-state index in [0.29, 0.717) is 18.2 Å². The topological polar surface area (TPSA) is 75.6 Å². The van der Waals surface area contributed by atoms with Gasteiger partial charge in [0.1, 0.15) is 11.5 Å². The van der Waals surface area contributed by atoms with Crippen LogP contribution in [0.2, 0.25) is 0 Å². The number of thiophene rings is 1. The summed E-state index contributed by atoms with van der Waals surface area (Å²) in [4.78, 5) is 18.0. The van der Waals surface area contributed by atoms with Crippen molar-refractivity contribution in [1.29, 1.82) is 0 Å². The van der Waals surface area contributed by atoms with Crippen LogP contribution in [0.15, 0.2) is 36.0 Å². The van der Waals surface area contributed by atoms with Crippen molar-refractivity contribution in [2.24, 2.45) is 0 Å². The molecule has 132 valence electrons. The molecule has 7 heteroatoms. The molecule has 0 aliphatic rings. The van der Waals surface area contributed by atoms with E-state index in [0.717, 1.165) is 22.8 Å². The first-order valence-electron chi connectivity index (χ1n) is 8.48. The van der Waals surface area contributed by atoms with E-state index >= 15 is 0 Å². The minimum absolute atomic E-state index is 0.0221. The molecule has 3 rings (SSSR count). The molecule has 0 aliphatic carbocycles. The van der Waals surface area contributed by atoms with E-state index in [9.17, 15) is 4.79 Å². The van der Waals surface area contributed by atoms with Crippen LogP contribution in [0.1, 0.15) is 66.0 Å². The highest BCUT2D eigenvalue weighted by atomic mass is 32.1. The molecule has 0 saturated heterocycles. The summed E-state index contributed by atoms with van der Waals surface area (Å²) in [6.45, 7) is 6.91. The van der Waals surface area contributed by atoms with Gasteiger partial charge in [0.25, 0.3) is 5.91 Å². The molecule has 6 nitrogen and oxygen atoms in total. The van der Waals surface area contributed by atoms with Gasteiger partial charge in [-0.3, -0.25) is 9.89 Å². The average Bonchev–Trinajstić information content (AvgIpc) is 3.33. The molecule has 0 saturated carbocycles. The lowest BCUT2D eigenvalue weighted by atomic mass is 10.2. The van der Waals surface area contributed by atoms with E-state index in [2.05, 4.69) is 45.8 Å². The quantitative estimate of drug-likeness (QED) is 0.677. The maximum Gasteiger partial charge on any atom is 0.272 e. The SMILES string of the molecule is CC[C@H](NC(=O)c1cc(Cn2ccnc2C(C)C)[nH]n1)c1cccs1. The van der Waals surface area contributed by atoms with Crippen molar-refractivity contribution < 1.29 is 4.79 Å². The molecule has 0 aromatic carbocycles. The Morgan fingerprint density at radius 3 is 2.96 bits per heavy atom. The zero-order chi connectivity index (χ0) is 17.8. The Balaban J connectivity index is 1.68. The Labute approximate surface area is 151 Å². The molecule has 1 atom stereocenters. The first-order valence-corrected chi connectivity index (χ1v) is 9.36. The van der Waals surface area contributed by atoms with E-state index in [1.54, 1.807) is 23.6 Å². The predicted molar refractivity (Wildman–Crippen MR) is 98.8 cm³/mol. The molecule has 2 N–H and O–H groups in total. The number of aromatic amines is 1. The van der Waals surface area contributed by atoms with Crippen LogP contribution < -0.4 is 5.32 Å². The molecule has 0 bridgehead atoms. The number of hydrogen-bond acceptors (Lipinski definition) is 4. The van der Waals surface area contributed by atoms with Gasteiger partial charge >= 0.3 is 0 Å². The van der Waals surface area contributed by atoms with Crippen molar-refractivity contribution in [2.75, 3.05) is 0 Å². The lowest BCUT2D eigenvalue weighted by molar-refractivity contribution is 0.0931. The molecule has 3 heterocycles. The highest BCUT2D eigenvalue weighted by molar-refractivity contribution is 7.10. The summed E-state index contributed by atoms with van der Waals surface area (Å²) in [5.41, 5.74) is 1.30. The highest BCUT2D eigenvalue weighted by Gasteiger charge is 2.17. The van der Waals surface area contributed by atoms with E-state index < -0.39 is 0 Å². The third-order valence-corrected chi connectivity index (χ3v) is 5.05. The highest BCUT2D eigenvalue weighted by Crippen LogP contribution is 2.22. The van der Waals surface area contributed by atoms with Crippen molar-refractivity contribution in [2.45, 2.75) is 45.7 Å². The predicted octanol–water partition coefficient (Wildman–Crippen LogP) is 3.72. The third kappa shape index (κ3) is 3.99. The number of rotatable bonds is 7. The fraction of sp³-hybridized carbons (Fsp3) is 0.389. The fourth-order valence-corrected chi connectivity index (χ4v) is 3.65. The summed E-state index contributed by atoms with van der Waals surface area (Å²) in [6, 6.07) is 5.87. The first-order chi connectivity index (χ1) is 12.1. The van der Waals surface area contributed by atoms with Gasteiger partial charge in [-0.2, -0.15) is 5.10 Å². The van der Waals surface area contributed by atoms with Crippen molar-refractivity contribution in [3.63, 3.8) is 0 Å². The summed E-state index contributed by atoms with van der Waals surface area (Å²) in [5.74, 6) is 1.21. The van der Waals surface area contributed by atoms with Crippen LogP contribution in [0.25, 0.3) is 0 Å². The largest absolute Gasteiger partial charge is 0.343 e. The zero-order valence-electron chi connectivity index (χ0n) is 14.7. The van der Waals surface area contributed by atoms with Crippen LogP contribution in [-0.4, -0.2) is 25.7 Å². The van der Waals surface area contributed by atoms with Crippen molar-refractivity contribution >= 4 is 17.2 Å². The van der Waals surface area contributed by atoms with Gasteiger partial charge in [0, 0.05) is 23.2 Å². The van der Waals surface area contributed by atoms with E-state index in [1.807, 2.05) is 23.7 Å². The molecule has 1 amide bonds. The Hall–Kier alpha value is -2.41. The Morgan fingerprint density at radius 2 is 2.28 bits per heavy atom. The summed E-state index contributed by atoms with van der Waals surface area (Å²) in [7, 11) is 0. The van der Waals surface area contributed by atoms with Gasteiger partial charge in [0.2, 0.25) is 0 Å². The minimum Gasteiger partial charge on any atom is -0.343 e. The summed E-state index contributed by atoms with van der Waals surface area (Å²) >= 11 is 1.65. The monoisotopic (exact) mass is 357 g/mol. The van der Waals surface area contributed by atoms with Crippen LogP contribution in [0.5, 0.6) is 0 Å². The fourth-order valence-electron chi connectivity index (χ4n) is 2.79. The molecule has 25 heavy (non-hydrogen) atoms. The van der Waals surface area contributed by atoms with Crippen LogP contribution >= 0.6 is 11.3 Å². The number of carbonyl (C=O) groups is 1. The maximum absolute atomic E-state index is 12.5. The van der Waals surface area contributed by atoms with Crippen molar-refractivity contribution in [3.05, 3.63) is 58.1 Å². The van der Waals surface area contributed by atoms with Crippen LogP contribution in [0.3, 0.4) is 0 Å². The molecular formula is C18H23N5OS. The maximum atomic E-state index is 12.5. The van der Waals surface area contributed by atoms with Crippen LogP contribution in [0, 0.1) is 0 Å². The number of H-pyrrole nitrogens is 1. The number of hydrogen-bond donors (Lipinski definition) is 2. The van der Waals surface area contributed by atoms with E-state index in [-0.39, 0.29) is 11.9 Å². The summed E-state index contributed by atoms with van der Waals surface area (Å²) < 4.78 is 2.07. The van der Waals surface area contributed by atoms with Gasteiger partial charge in [-0.25, -0.2) is 4.98 Å². The van der Waals surface area contributed by atoms with Gasteiger partial charge in [-0.05, 0) is 23.9 Å². The number of aromatic nitrogens is 4. The smallest absolute Gasteiger partial charge is 0.272 e. The van der Waals surface area contributed by atoms with Gasteiger partial charge in [0.15, 0.2) is 0 Å². The normalized spacial score (nSPS) is 12.5. The molecule has 0 fully saturated rings. The van der Waals surface area contributed by atoms with Gasteiger partial charge in [-0.15, -0.1) is 11.3 Å². The zero-order valence-corrected chi connectivity index (χ0v) is 15.5. The molecule has 0 unspecified atom stereocenters. The molecule has 3 aromatic heterocycles. The first kappa shape index (κ1) is 17.4. The molecular weight excluding hydrogens is 334 g/mol. The second-order valence-corrected chi connectivity index (χ2v) is 7.28. The third-order valence-electron chi connectivity index (χ3n) is 4.07. The Kier molecular flexibility index (Phi) is 5.33. The number of nitrogens with zero attached hydrogens (tertiary/aromatic N) is 3. The molecule has 3 aromatic rings. The van der Waals surface area contributed by atoms with Crippen LogP contribution in [-0.2, 0) is 6.54 Å². The molecule has 0 radical (unpaired) electrons. The minimum atomic E-state index is -0.155. The number of amides is 1. The molecule has 0 spiro atoms. The number of imidazole rings is 1. The summed E-state index contributed by atoms with van der Waals surface area (Å²) in [5, 5.41) is 12.2. The number of carbonyl (C=O) groups excluding carboxylic acids is 1. The lowest BCUT2D eigenvalue weighted by Crippen LogP contribution is -2.27. The molecule has 0 aliphatic heterocycles. The summed E-state index contributed by atoms with van der Waals surface area (Å²) in [6.07, 6.45) is 4.59.